The normalized spacial score (nSPS) is 15.0. The summed E-state index contributed by atoms with van der Waals surface area (Å²) in [6.07, 6.45) is 1.62. The summed E-state index contributed by atoms with van der Waals surface area (Å²) in [5.41, 5.74) is 1.65. The first-order chi connectivity index (χ1) is 21.4. The standard InChI is InChI=1S/C31H32ClFN6O5/c1-42-26-14-11-21(16-27(26)43-2)30-35-37-39(36-30)19-28(40)38(18-22-6-3-4-8-25(22)32)29(20-9-12-23(33)13-10-20)31(41)34-17-24-7-5-15-44-24/h3-4,6,8-14,16,24,29H,5,7,15,17-19H2,1-2H3,(H,34,41)/t24-,29+/m0/s1. The van der Waals surface area contributed by atoms with E-state index in [2.05, 4.69) is 20.7 Å². The van der Waals surface area contributed by atoms with E-state index < -0.39 is 23.7 Å². The van der Waals surface area contributed by atoms with Crippen molar-refractivity contribution in [2.24, 2.45) is 0 Å². The van der Waals surface area contributed by atoms with Crippen LogP contribution in [0, 0.1) is 5.82 Å². The summed E-state index contributed by atoms with van der Waals surface area (Å²) >= 11 is 6.49. The average molecular weight is 623 g/mol. The Morgan fingerprint density at radius 2 is 1.89 bits per heavy atom. The second kappa shape index (κ2) is 14.3. The number of hydrogen-bond donors (Lipinski definition) is 1. The fourth-order valence-corrected chi connectivity index (χ4v) is 5.18. The van der Waals surface area contributed by atoms with E-state index in [1.54, 1.807) is 42.5 Å². The Balaban J connectivity index is 1.45. The van der Waals surface area contributed by atoms with Crippen molar-refractivity contribution in [3.8, 4) is 22.9 Å². The molecule has 13 heteroatoms. The summed E-state index contributed by atoms with van der Waals surface area (Å²) in [6, 6.07) is 16.6. The first-order valence-corrected chi connectivity index (χ1v) is 14.4. The van der Waals surface area contributed by atoms with Crippen LogP contribution in [0.25, 0.3) is 11.4 Å². The van der Waals surface area contributed by atoms with Crippen LogP contribution in [0.3, 0.4) is 0 Å². The summed E-state index contributed by atoms with van der Waals surface area (Å²) in [5.74, 6) is -0.0995. The zero-order valence-electron chi connectivity index (χ0n) is 24.3. The first-order valence-electron chi connectivity index (χ1n) is 14.0. The highest BCUT2D eigenvalue weighted by Gasteiger charge is 2.33. The van der Waals surface area contributed by atoms with Gasteiger partial charge in [0, 0.05) is 30.3 Å². The highest BCUT2D eigenvalue weighted by molar-refractivity contribution is 6.31. The Morgan fingerprint density at radius 1 is 1.11 bits per heavy atom. The molecule has 1 aromatic heterocycles. The SMILES string of the molecule is COc1ccc(-c2nnn(CC(=O)N(Cc3ccccc3Cl)[C@@H](C(=O)NC[C@@H]3CCCO3)c3ccc(F)cc3)n2)cc1OC. The Bertz CT molecular complexity index is 1590. The lowest BCUT2D eigenvalue weighted by molar-refractivity contribution is -0.142. The maximum Gasteiger partial charge on any atom is 0.247 e. The van der Waals surface area contributed by atoms with Gasteiger partial charge in [0.15, 0.2) is 11.5 Å². The molecule has 0 radical (unpaired) electrons. The van der Waals surface area contributed by atoms with Gasteiger partial charge >= 0.3 is 0 Å². The molecule has 0 aliphatic carbocycles. The van der Waals surface area contributed by atoms with Crippen molar-refractivity contribution in [3.05, 3.63) is 88.7 Å². The van der Waals surface area contributed by atoms with Gasteiger partial charge in [-0.15, -0.1) is 10.2 Å². The highest BCUT2D eigenvalue weighted by atomic mass is 35.5. The number of benzene rings is 3. The molecular weight excluding hydrogens is 591 g/mol. The zero-order valence-corrected chi connectivity index (χ0v) is 25.0. The quantitative estimate of drug-likeness (QED) is 0.249. The van der Waals surface area contributed by atoms with E-state index in [-0.39, 0.29) is 31.6 Å². The van der Waals surface area contributed by atoms with Crippen molar-refractivity contribution in [2.45, 2.75) is 38.1 Å². The van der Waals surface area contributed by atoms with Crippen LogP contribution in [0.2, 0.25) is 5.02 Å². The molecule has 2 amide bonds. The van der Waals surface area contributed by atoms with Gasteiger partial charge in [-0.1, -0.05) is 41.9 Å². The van der Waals surface area contributed by atoms with Crippen molar-refractivity contribution >= 4 is 23.4 Å². The number of nitrogens with one attached hydrogen (secondary N) is 1. The van der Waals surface area contributed by atoms with Crippen molar-refractivity contribution in [1.82, 2.24) is 30.4 Å². The fourth-order valence-electron chi connectivity index (χ4n) is 4.98. The largest absolute Gasteiger partial charge is 0.493 e. The summed E-state index contributed by atoms with van der Waals surface area (Å²) < 4.78 is 30.3. The van der Waals surface area contributed by atoms with Gasteiger partial charge in [-0.05, 0) is 65.6 Å². The predicted molar refractivity (Wildman–Crippen MR) is 159 cm³/mol. The molecule has 0 unspecified atom stereocenters. The molecule has 5 rings (SSSR count). The number of tetrazole rings is 1. The van der Waals surface area contributed by atoms with Gasteiger partial charge in [0.1, 0.15) is 18.4 Å². The second-order valence-electron chi connectivity index (χ2n) is 10.2. The molecule has 3 aromatic carbocycles. The molecule has 2 atom stereocenters. The minimum atomic E-state index is -1.12. The van der Waals surface area contributed by atoms with Crippen molar-refractivity contribution < 1.29 is 28.2 Å². The third-order valence-electron chi connectivity index (χ3n) is 7.26. The maximum atomic E-state index is 14.0. The van der Waals surface area contributed by atoms with Crippen LogP contribution in [0.5, 0.6) is 11.5 Å². The van der Waals surface area contributed by atoms with Gasteiger partial charge < -0.3 is 24.4 Å². The lowest BCUT2D eigenvalue weighted by Gasteiger charge is -2.32. The van der Waals surface area contributed by atoms with Crippen LogP contribution in [-0.4, -0.2) is 70.4 Å². The van der Waals surface area contributed by atoms with E-state index in [9.17, 15) is 14.0 Å². The van der Waals surface area contributed by atoms with E-state index in [1.807, 2.05) is 0 Å². The number of hydrogen-bond acceptors (Lipinski definition) is 8. The molecule has 44 heavy (non-hydrogen) atoms. The molecule has 1 fully saturated rings. The highest BCUT2D eigenvalue weighted by Crippen LogP contribution is 2.31. The van der Waals surface area contributed by atoms with Crippen molar-refractivity contribution in [3.63, 3.8) is 0 Å². The summed E-state index contributed by atoms with van der Waals surface area (Å²) in [4.78, 5) is 30.4. The van der Waals surface area contributed by atoms with E-state index >= 15 is 0 Å². The maximum absolute atomic E-state index is 14.0. The van der Waals surface area contributed by atoms with Gasteiger partial charge in [0.25, 0.3) is 0 Å². The van der Waals surface area contributed by atoms with Gasteiger partial charge in [0.05, 0.1) is 20.3 Å². The van der Waals surface area contributed by atoms with Gasteiger partial charge in [0.2, 0.25) is 17.6 Å². The zero-order chi connectivity index (χ0) is 31.1. The van der Waals surface area contributed by atoms with E-state index in [0.29, 0.717) is 39.8 Å². The number of nitrogens with zero attached hydrogens (tertiary/aromatic N) is 5. The predicted octanol–water partition coefficient (Wildman–Crippen LogP) is 4.22. The Labute approximate surface area is 258 Å². The van der Waals surface area contributed by atoms with Gasteiger partial charge in [-0.2, -0.15) is 4.80 Å². The summed E-state index contributed by atoms with van der Waals surface area (Å²) in [7, 11) is 3.06. The molecule has 1 N–H and O–H groups in total. The number of halogens is 2. The molecule has 0 bridgehead atoms. The molecule has 1 saturated heterocycles. The summed E-state index contributed by atoms with van der Waals surface area (Å²) in [6.45, 7) is 0.575. The number of amides is 2. The molecule has 2 heterocycles. The van der Waals surface area contributed by atoms with Crippen LogP contribution in [0.1, 0.15) is 30.0 Å². The summed E-state index contributed by atoms with van der Waals surface area (Å²) in [5, 5.41) is 15.9. The Morgan fingerprint density at radius 3 is 2.59 bits per heavy atom. The second-order valence-corrected chi connectivity index (χ2v) is 10.6. The Kier molecular flexibility index (Phi) is 10.0. The number of carbonyl (C=O) groups is 2. The van der Waals surface area contributed by atoms with E-state index in [4.69, 9.17) is 25.8 Å². The molecule has 230 valence electrons. The van der Waals surface area contributed by atoms with Crippen LogP contribution >= 0.6 is 11.6 Å². The van der Waals surface area contributed by atoms with Crippen LogP contribution < -0.4 is 14.8 Å². The third kappa shape index (κ3) is 7.32. The number of aromatic nitrogens is 4. The average Bonchev–Trinajstić information content (AvgIpc) is 3.74. The van der Waals surface area contributed by atoms with E-state index in [0.717, 1.165) is 17.6 Å². The van der Waals surface area contributed by atoms with Gasteiger partial charge in [-0.25, -0.2) is 4.39 Å². The Hall–Kier alpha value is -4.55. The molecular formula is C31H32ClFN6O5. The van der Waals surface area contributed by atoms with Gasteiger partial charge in [-0.3, -0.25) is 9.59 Å². The minimum absolute atomic E-state index is 0.00880. The monoisotopic (exact) mass is 622 g/mol. The first kappa shape index (κ1) is 30.9. The van der Waals surface area contributed by atoms with E-state index in [1.165, 1.54) is 43.4 Å². The van der Waals surface area contributed by atoms with Crippen LogP contribution in [0.4, 0.5) is 4.39 Å². The molecule has 1 aliphatic rings. The lowest BCUT2D eigenvalue weighted by Crippen LogP contribution is -2.46. The molecule has 1 aliphatic heterocycles. The minimum Gasteiger partial charge on any atom is -0.493 e. The number of methoxy groups -OCH3 is 2. The van der Waals surface area contributed by atoms with Crippen molar-refractivity contribution in [1.29, 1.82) is 0 Å². The smallest absolute Gasteiger partial charge is 0.247 e. The molecule has 4 aromatic rings. The molecule has 11 nitrogen and oxygen atoms in total. The van der Waals surface area contributed by atoms with Crippen LogP contribution in [-0.2, 0) is 27.4 Å². The lowest BCUT2D eigenvalue weighted by atomic mass is 10.0. The molecule has 0 saturated carbocycles. The van der Waals surface area contributed by atoms with Crippen molar-refractivity contribution in [2.75, 3.05) is 27.4 Å². The fraction of sp³-hybridized carbons (Fsp3) is 0.323. The number of ether oxygens (including phenoxy) is 3. The third-order valence-corrected chi connectivity index (χ3v) is 7.63. The number of carbonyl (C=O) groups excluding carboxylic acids is 2. The molecule has 0 spiro atoms. The van der Waals surface area contributed by atoms with Crippen LogP contribution in [0.15, 0.2) is 66.7 Å². The number of rotatable bonds is 12. The topological polar surface area (TPSA) is 121 Å².